The largest absolute Gasteiger partial charge is 0.369 e. The highest BCUT2D eigenvalue weighted by molar-refractivity contribution is 6.98. The SMILES string of the molecule is C#CCOC1(C)CC1.CC1(OCc2ccn[nH]2)CC1.C[Si](C)(C)C=[N+]=[N-]. The topological polar surface area (TPSA) is 83.5 Å². The van der Waals surface area contributed by atoms with Crippen LogP contribution in [0.25, 0.3) is 5.53 Å². The van der Waals surface area contributed by atoms with Crippen LogP contribution in [0.2, 0.25) is 19.6 Å². The molecule has 2 saturated carbocycles. The second-order valence-electron chi connectivity index (χ2n) is 8.37. The van der Waals surface area contributed by atoms with Gasteiger partial charge in [-0.15, -0.1) is 6.42 Å². The fraction of sp³-hybridized carbons (Fsp3) is 0.684. The Morgan fingerprint density at radius 1 is 1.27 bits per heavy atom. The van der Waals surface area contributed by atoms with E-state index in [1.807, 2.05) is 6.07 Å². The van der Waals surface area contributed by atoms with Crippen molar-refractivity contribution in [2.45, 2.75) is 77.0 Å². The van der Waals surface area contributed by atoms with E-state index < -0.39 is 8.07 Å². The van der Waals surface area contributed by atoms with Crippen LogP contribution in [0, 0.1) is 12.3 Å². The van der Waals surface area contributed by atoms with Crippen LogP contribution in [-0.4, -0.2) is 46.7 Å². The molecule has 1 aromatic rings. The normalized spacial score (nSPS) is 18.0. The predicted octanol–water partition coefficient (Wildman–Crippen LogP) is 3.83. The lowest BCUT2D eigenvalue weighted by Gasteiger charge is -2.08. The van der Waals surface area contributed by atoms with Crippen LogP contribution in [0.15, 0.2) is 12.3 Å². The second kappa shape index (κ2) is 9.84. The van der Waals surface area contributed by atoms with Crippen molar-refractivity contribution in [1.82, 2.24) is 10.2 Å². The summed E-state index contributed by atoms with van der Waals surface area (Å²) in [4.78, 5) is 2.94. The molecule has 1 heterocycles. The fourth-order valence-electron chi connectivity index (χ4n) is 1.65. The van der Waals surface area contributed by atoms with Crippen molar-refractivity contribution in [2.24, 2.45) is 0 Å². The van der Waals surface area contributed by atoms with Gasteiger partial charge in [-0.3, -0.25) is 5.10 Å². The molecule has 0 saturated heterocycles. The minimum atomic E-state index is -1.20. The molecule has 1 N–H and O–H groups in total. The predicted molar refractivity (Wildman–Crippen MR) is 106 cm³/mol. The Balaban J connectivity index is 0.000000203. The van der Waals surface area contributed by atoms with E-state index in [1.54, 1.807) is 12.0 Å². The Kier molecular flexibility index (Phi) is 8.45. The van der Waals surface area contributed by atoms with Gasteiger partial charge in [0.15, 0.2) is 8.07 Å². The van der Waals surface area contributed by atoms with Gasteiger partial charge in [0, 0.05) is 6.20 Å². The molecule has 0 amide bonds. The molecule has 0 atom stereocenters. The number of hydrogen-bond acceptors (Lipinski definition) is 3. The molecule has 0 unspecified atom stereocenters. The Morgan fingerprint density at radius 3 is 2.19 bits per heavy atom. The maximum atomic E-state index is 8.01. The summed E-state index contributed by atoms with van der Waals surface area (Å²) < 4.78 is 10.9. The maximum Gasteiger partial charge on any atom is 0.226 e. The number of hydrogen-bond donors (Lipinski definition) is 1. The minimum absolute atomic E-state index is 0.159. The summed E-state index contributed by atoms with van der Waals surface area (Å²) >= 11 is 0. The molecule has 0 radical (unpaired) electrons. The quantitative estimate of drug-likeness (QED) is 0.269. The van der Waals surface area contributed by atoms with Crippen LogP contribution in [-0.2, 0) is 16.1 Å². The number of terminal acetylenes is 1. The van der Waals surface area contributed by atoms with E-state index in [2.05, 4.69) is 54.4 Å². The van der Waals surface area contributed by atoms with Crippen molar-refractivity contribution in [3.05, 3.63) is 23.5 Å². The number of H-pyrrole nitrogens is 1. The van der Waals surface area contributed by atoms with Crippen molar-refractivity contribution in [3.63, 3.8) is 0 Å². The van der Waals surface area contributed by atoms with Gasteiger partial charge in [0.1, 0.15) is 6.61 Å². The molecule has 0 aliphatic heterocycles. The molecular weight excluding hydrogens is 344 g/mol. The molecule has 6 nitrogen and oxygen atoms in total. The van der Waals surface area contributed by atoms with E-state index >= 15 is 0 Å². The Morgan fingerprint density at radius 2 is 1.85 bits per heavy atom. The highest BCUT2D eigenvalue weighted by Crippen LogP contribution is 2.39. The van der Waals surface area contributed by atoms with Crippen molar-refractivity contribution >= 4 is 13.9 Å². The van der Waals surface area contributed by atoms with E-state index in [9.17, 15) is 0 Å². The molecule has 2 fully saturated rings. The van der Waals surface area contributed by atoms with Crippen LogP contribution in [0.4, 0.5) is 0 Å². The second-order valence-corrected chi connectivity index (χ2v) is 13.4. The first kappa shape index (κ1) is 22.3. The maximum absolute atomic E-state index is 8.01. The smallest absolute Gasteiger partial charge is 0.226 e. The van der Waals surface area contributed by atoms with E-state index in [0.29, 0.717) is 13.2 Å². The summed E-state index contributed by atoms with van der Waals surface area (Å²) in [5.74, 6) is 4.07. The Labute approximate surface area is 158 Å². The number of rotatable bonds is 6. The number of nitrogens with one attached hydrogen (secondary N) is 1. The fourth-order valence-corrected chi connectivity index (χ4v) is 1.99. The van der Waals surface area contributed by atoms with Crippen LogP contribution in [0.1, 0.15) is 45.2 Å². The van der Waals surface area contributed by atoms with Crippen molar-refractivity contribution in [1.29, 1.82) is 0 Å². The van der Waals surface area contributed by atoms with Gasteiger partial charge in [-0.05, 0) is 45.6 Å². The molecule has 2 aliphatic rings. The van der Waals surface area contributed by atoms with E-state index in [1.165, 1.54) is 25.7 Å². The van der Waals surface area contributed by atoms with Crippen molar-refractivity contribution < 1.29 is 14.3 Å². The lowest BCUT2D eigenvalue weighted by Crippen LogP contribution is -2.22. The lowest BCUT2D eigenvalue weighted by molar-refractivity contribution is 0.00680. The monoisotopic (exact) mass is 376 g/mol. The molecule has 0 bridgehead atoms. The first-order valence-corrected chi connectivity index (χ1v) is 12.6. The number of aromatic amines is 1. The zero-order valence-corrected chi connectivity index (χ0v) is 17.7. The summed E-state index contributed by atoms with van der Waals surface area (Å²) in [5.41, 5.74) is 9.39. The zero-order chi connectivity index (χ0) is 19.7. The zero-order valence-electron chi connectivity index (χ0n) is 16.7. The molecule has 26 heavy (non-hydrogen) atoms. The van der Waals surface area contributed by atoms with Gasteiger partial charge < -0.3 is 15.0 Å². The van der Waals surface area contributed by atoms with Crippen LogP contribution < -0.4 is 0 Å². The Bertz CT molecular complexity index is 617. The highest BCUT2D eigenvalue weighted by Gasteiger charge is 2.38. The molecule has 3 rings (SSSR count). The summed E-state index contributed by atoms with van der Waals surface area (Å²) in [6.45, 7) is 11.7. The molecule has 1 aromatic heterocycles. The molecule has 2 aliphatic carbocycles. The van der Waals surface area contributed by atoms with Crippen LogP contribution >= 0.6 is 0 Å². The van der Waals surface area contributed by atoms with Crippen LogP contribution in [0.3, 0.4) is 0 Å². The standard InChI is InChI=1S/C8H12N2O.C7H10O.C4H10N2Si/c1-8(3-4-8)11-6-7-2-5-9-10-7;1-3-6-8-7(2)4-5-7;1-7(2,3)4-6-5/h2,5H,3-4,6H2,1H3,(H,9,10);1H,4-6H2,2H3;4H,1-3H3. The van der Waals surface area contributed by atoms with Gasteiger partial charge in [-0.1, -0.05) is 25.6 Å². The van der Waals surface area contributed by atoms with Gasteiger partial charge >= 0.3 is 0 Å². The number of aromatic nitrogens is 2. The molecular formula is C19H32N4O2Si. The average molecular weight is 377 g/mol. The third kappa shape index (κ3) is 11.0. The third-order valence-corrected chi connectivity index (χ3v) is 4.88. The van der Waals surface area contributed by atoms with E-state index in [0.717, 1.165) is 5.69 Å². The van der Waals surface area contributed by atoms with Gasteiger partial charge in [0.05, 0.1) is 23.5 Å². The minimum Gasteiger partial charge on any atom is -0.369 e. The molecule has 0 spiro atoms. The summed E-state index contributed by atoms with van der Waals surface area (Å²) in [7, 11) is -1.20. The lowest BCUT2D eigenvalue weighted by atomic mass is 10.4. The van der Waals surface area contributed by atoms with Gasteiger partial charge in [-0.2, -0.15) is 9.89 Å². The van der Waals surface area contributed by atoms with E-state index in [4.69, 9.17) is 21.4 Å². The summed E-state index contributed by atoms with van der Waals surface area (Å²) in [6, 6.07) is 1.94. The third-order valence-electron chi connectivity index (χ3n) is 3.99. The van der Waals surface area contributed by atoms with E-state index in [-0.39, 0.29) is 11.2 Å². The van der Waals surface area contributed by atoms with Crippen molar-refractivity contribution in [3.8, 4) is 12.3 Å². The Hall–Kier alpha value is -1.71. The molecule has 0 aromatic carbocycles. The number of ether oxygens (including phenoxy) is 2. The molecule has 7 heteroatoms. The molecule has 144 valence electrons. The van der Waals surface area contributed by atoms with Gasteiger partial charge in [0.25, 0.3) is 0 Å². The summed E-state index contributed by atoms with van der Waals surface area (Å²) in [6.07, 6.45) is 11.5. The van der Waals surface area contributed by atoms with Gasteiger partial charge in [-0.25, -0.2) is 0 Å². The van der Waals surface area contributed by atoms with Crippen molar-refractivity contribution in [2.75, 3.05) is 6.61 Å². The highest BCUT2D eigenvalue weighted by atomic mass is 28.3. The average Bonchev–Trinajstić information content (AvgIpc) is 3.41. The van der Waals surface area contributed by atoms with Crippen LogP contribution in [0.5, 0.6) is 0 Å². The first-order chi connectivity index (χ1) is 12.1. The number of nitrogens with zero attached hydrogens (tertiary/aromatic N) is 3. The first-order valence-electron chi connectivity index (χ1n) is 9.00. The van der Waals surface area contributed by atoms with Gasteiger partial charge in [0.2, 0.25) is 5.84 Å². The summed E-state index contributed by atoms with van der Waals surface area (Å²) in [5, 5.41) is 6.70.